The van der Waals surface area contributed by atoms with Gasteiger partial charge in [-0.05, 0) is 55.0 Å². The molecular weight excluding hydrogens is 324 g/mol. The van der Waals surface area contributed by atoms with Crippen LogP contribution >= 0.6 is 11.3 Å². The number of anilines is 2. The number of nitrogens with zero attached hydrogens (tertiary/aromatic N) is 2. The molecule has 0 bridgehead atoms. The van der Waals surface area contributed by atoms with Crippen LogP contribution in [0.2, 0.25) is 0 Å². The molecule has 24 heavy (non-hydrogen) atoms. The van der Waals surface area contributed by atoms with E-state index in [1.54, 1.807) is 11.1 Å². The molecule has 1 aliphatic heterocycles. The van der Waals surface area contributed by atoms with Crippen LogP contribution in [0.4, 0.5) is 15.6 Å². The van der Waals surface area contributed by atoms with E-state index < -0.39 is 0 Å². The van der Waals surface area contributed by atoms with Gasteiger partial charge in [0.1, 0.15) is 5.82 Å². The van der Waals surface area contributed by atoms with E-state index in [0.717, 1.165) is 10.6 Å². The number of rotatable bonds is 3. The predicted molar refractivity (Wildman–Crippen MR) is 95.2 cm³/mol. The molecule has 0 spiro atoms. The Morgan fingerprint density at radius 1 is 1.25 bits per heavy atom. The molecule has 6 nitrogen and oxygen atoms in total. The largest absolute Gasteiger partial charge is 0.324 e. The first-order valence-corrected chi connectivity index (χ1v) is 8.83. The lowest BCUT2D eigenvalue weighted by Gasteiger charge is -2.31. The number of urea groups is 1. The quantitative estimate of drug-likeness (QED) is 0.897. The van der Waals surface area contributed by atoms with Crippen molar-refractivity contribution in [2.75, 3.05) is 23.7 Å². The lowest BCUT2D eigenvalue weighted by atomic mass is 9.96. The number of aryl methyl sites for hydroxylation is 1. The summed E-state index contributed by atoms with van der Waals surface area (Å²) in [5, 5.41) is 8.50. The van der Waals surface area contributed by atoms with Crippen LogP contribution < -0.4 is 10.6 Å². The maximum Gasteiger partial charge on any atom is 0.322 e. The van der Waals surface area contributed by atoms with Crippen molar-refractivity contribution in [3.63, 3.8) is 0 Å². The number of likely N-dealkylation sites (tertiary alicyclic amines) is 1. The average molecular weight is 344 g/mol. The van der Waals surface area contributed by atoms with Crippen molar-refractivity contribution in [2.45, 2.75) is 19.8 Å². The molecule has 1 aliphatic rings. The molecule has 3 rings (SSSR count). The van der Waals surface area contributed by atoms with E-state index in [4.69, 9.17) is 0 Å². The van der Waals surface area contributed by atoms with Crippen molar-refractivity contribution in [1.82, 2.24) is 9.88 Å². The number of carbonyl (C=O) groups is 2. The topological polar surface area (TPSA) is 74.3 Å². The fraction of sp³-hybridized carbons (Fsp3) is 0.353. The zero-order chi connectivity index (χ0) is 16.9. The standard InChI is InChI=1S/C17H20N4O2S/c1-12-4-7-18-14(11-12)19-16(22)13-5-8-21(9-6-13)17(23)20-15-3-2-10-24-15/h2-4,7,10-11,13H,5-6,8-9H2,1H3,(H,20,23)(H,18,19,22). The SMILES string of the molecule is Cc1ccnc(NC(=O)C2CCN(C(=O)Nc3cccs3)CC2)c1. The number of nitrogens with one attached hydrogen (secondary N) is 2. The van der Waals surface area contributed by atoms with Crippen molar-refractivity contribution < 1.29 is 9.59 Å². The Labute approximate surface area is 144 Å². The van der Waals surface area contributed by atoms with Crippen LogP contribution in [-0.4, -0.2) is 34.9 Å². The summed E-state index contributed by atoms with van der Waals surface area (Å²) in [6.45, 7) is 3.12. The highest BCUT2D eigenvalue weighted by Crippen LogP contribution is 2.21. The molecule has 0 aliphatic carbocycles. The number of thiophene rings is 1. The maximum atomic E-state index is 12.3. The lowest BCUT2D eigenvalue weighted by molar-refractivity contribution is -0.121. The molecule has 3 heterocycles. The summed E-state index contributed by atoms with van der Waals surface area (Å²) in [4.78, 5) is 30.4. The molecule has 2 aromatic rings. The van der Waals surface area contributed by atoms with Gasteiger partial charge in [0.2, 0.25) is 5.91 Å². The van der Waals surface area contributed by atoms with Gasteiger partial charge in [0, 0.05) is 25.2 Å². The number of amides is 3. The maximum absolute atomic E-state index is 12.3. The minimum atomic E-state index is -0.100. The number of pyridine rings is 1. The van der Waals surface area contributed by atoms with Gasteiger partial charge in [-0.2, -0.15) is 0 Å². The van der Waals surface area contributed by atoms with E-state index in [0.29, 0.717) is 31.7 Å². The first kappa shape index (κ1) is 16.4. The smallest absolute Gasteiger partial charge is 0.322 e. The lowest BCUT2D eigenvalue weighted by Crippen LogP contribution is -2.43. The highest BCUT2D eigenvalue weighted by atomic mass is 32.1. The third-order valence-electron chi connectivity index (χ3n) is 4.07. The van der Waals surface area contributed by atoms with Crippen LogP contribution in [0.25, 0.3) is 0 Å². The van der Waals surface area contributed by atoms with Gasteiger partial charge in [-0.1, -0.05) is 0 Å². The predicted octanol–water partition coefficient (Wildman–Crippen LogP) is 3.33. The highest BCUT2D eigenvalue weighted by Gasteiger charge is 2.27. The summed E-state index contributed by atoms with van der Waals surface area (Å²) in [6, 6.07) is 7.41. The Hall–Kier alpha value is -2.41. The Kier molecular flexibility index (Phi) is 5.10. The van der Waals surface area contributed by atoms with Crippen LogP contribution in [0.15, 0.2) is 35.8 Å². The second-order valence-corrected chi connectivity index (χ2v) is 6.82. The Balaban J connectivity index is 1.49. The van der Waals surface area contributed by atoms with Gasteiger partial charge in [-0.25, -0.2) is 9.78 Å². The summed E-state index contributed by atoms with van der Waals surface area (Å²) in [6.07, 6.45) is 3.01. The number of hydrogen-bond donors (Lipinski definition) is 2. The molecule has 0 aromatic carbocycles. The second kappa shape index (κ2) is 7.44. The molecule has 3 amide bonds. The molecule has 2 aromatic heterocycles. The molecule has 0 saturated carbocycles. The molecule has 0 unspecified atom stereocenters. The van der Waals surface area contributed by atoms with Crippen molar-refractivity contribution in [2.24, 2.45) is 5.92 Å². The molecule has 0 atom stereocenters. The molecular formula is C17H20N4O2S. The zero-order valence-corrected chi connectivity index (χ0v) is 14.3. The van der Waals surface area contributed by atoms with Crippen molar-refractivity contribution in [3.05, 3.63) is 41.4 Å². The van der Waals surface area contributed by atoms with Crippen LogP contribution in [0.5, 0.6) is 0 Å². The van der Waals surface area contributed by atoms with Crippen LogP contribution in [0.1, 0.15) is 18.4 Å². The summed E-state index contributed by atoms with van der Waals surface area (Å²) in [5.41, 5.74) is 1.06. The van der Waals surface area contributed by atoms with E-state index in [1.165, 1.54) is 11.3 Å². The van der Waals surface area contributed by atoms with Crippen molar-refractivity contribution in [3.8, 4) is 0 Å². The molecule has 0 radical (unpaired) electrons. The fourth-order valence-electron chi connectivity index (χ4n) is 2.71. The van der Waals surface area contributed by atoms with Crippen LogP contribution in [-0.2, 0) is 4.79 Å². The Morgan fingerprint density at radius 3 is 2.71 bits per heavy atom. The van der Waals surface area contributed by atoms with Gasteiger partial charge in [-0.3, -0.25) is 10.1 Å². The normalized spacial score (nSPS) is 15.1. The van der Waals surface area contributed by atoms with Crippen molar-refractivity contribution in [1.29, 1.82) is 0 Å². The van der Waals surface area contributed by atoms with Crippen LogP contribution in [0.3, 0.4) is 0 Å². The van der Waals surface area contributed by atoms with Crippen molar-refractivity contribution >= 4 is 34.1 Å². The Morgan fingerprint density at radius 2 is 2.04 bits per heavy atom. The van der Waals surface area contributed by atoms with E-state index in [9.17, 15) is 9.59 Å². The number of hydrogen-bond acceptors (Lipinski definition) is 4. The molecule has 126 valence electrons. The zero-order valence-electron chi connectivity index (χ0n) is 13.5. The van der Waals surface area contributed by atoms with Gasteiger partial charge >= 0.3 is 6.03 Å². The minimum absolute atomic E-state index is 0.0218. The molecule has 7 heteroatoms. The second-order valence-electron chi connectivity index (χ2n) is 5.88. The molecule has 2 N–H and O–H groups in total. The van der Waals surface area contributed by atoms with Gasteiger partial charge < -0.3 is 10.2 Å². The number of carbonyl (C=O) groups excluding carboxylic acids is 2. The number of aromatic nitrogens is 1. The average Bonchev–Trinajstić information content (AvgIpc) is 3.08. The first-order valence-electron chi connectivity index (χ1n) is 7.95. The minimum Gasteiger partial charge on any atom is -0.324 e. The summed E-state index contributed by atoms with van der Waals surface area (Å²) < 4.78 is 0. The third-order valence-corrected chi connectivity index (χ3v) is 4.86. The summed E-state index contributed by atoms with van der Waals surface area (Å²) in [7, 11) is 0. The third kappa shape index (κ3) is 4.11. The van der Waals surface area contributed by atoms with Gasteiger partial charge in [0.15, 0.2) is 0 Å². The highest BCUT2D eigenvalue weighted by molar-refractivity contribution is 7.14. The fourth-order valence-corrected chi connectivity index (χ4v) is 3.32. The van der Waals surface area contributed by atoms with E-state index in [2.05, 4.69) is 15.6 Å². The van der Waals surface area contributed by atoms with Crippen LogP contribution in [0, 0.1) is 12.8 Å². The number of piperidine rings is 1. The van der Waals surface area contributed by atoms with Gasteiger partial charge in [0.05, 0.1) is 5.00 Å². The first-order chi connectivity index (χ1) is 11.6. The summed E-state index contributed by atoms with van der Waals surface area (Å²) in [5.74, 6) is 0.474. The van der Waals surface area contributed by atoms with E-state index in [1.807, 2.05) is 36.6 Å². The Bertz CT molecular complexity index is 709. The van der Waals surface area contributed by atoms with E-state index >= 15 is 0 Å². The molecule has 1 fully saturated rings. The monoisotopic (exact) mass is 344 g/mol. The summed E-state index contributed by atoms with van der Waals surface area (Å²) >= 11 is 1.49. The van der Waals surface area contributed by atoms with E-state index in [-0.39, 0.29) is 17.9 Å². The molecule has 1 saturated heterocycles. The van der Waals surface area contributed by atoms with Gasteiger partial charge in [-0.15, -0.1) is 11.3 Å². The van der Waals surface area contributed by atoms with Gasteiger partial charge in [0.25, 0.3) is 0 Å².